The quantitative estimate of drug-likeness (QED) is 0.771. The van der Waals surface area contributed by atoms with Crippen LogP contribution in [0.25, 0.3) is 11.1 Å². The Hall–Kier alpha value is -2.82. The van der Waals surface area contributed by atoms with Gasteiger partial charge in [0.25, 0.3) is 0 Å². The monoisotopic (exact) mass is 420 g/mol. The molecule has 0 radical (unpaired) electrons. The van der Waals surface area contributed by atoms with E-state index < -0.39 is 5.41 Å². The number of likely N-dealkylation sites (tertiary alicyclic amines) is 1. The van der Waals surface area contributed by atoms with Gasteiger partial charge in [0.2, 0.25) is 11.8 Å². The van der Waals surface area contributed by atoms with Gasteiger partial charge in [-0.25, -0.2) is 0 Å². The van der Waals surface area contributed by atoms with Crippen LogP contribution in [0.4, 0.5) is 0 Å². The van der Waals surface area contributed by atoms with Gasteiger partial charge >= 0.3 is 0 Å². The summed E-state index contributed by atoms with van der Waals surface area (Å²) >= 11 is 0. The molecule has 0 bridgehead atoms. The van der Waals surface area contributed by atoms with Crippen molar-refractivity contribution in [3.8, 4) is 16.9 Å². The highest BCUT2D eigenvalue weighted by atomic mass is 16.5. The minimum absolute atomic E-state index is 0.0353. The van der Waals surface area contributed by atoms with Gasteiger partial charge in [-0.05, 0) is 60.4 Å². The van der Waals surface area contributed by atoms with E-state index in [2.05, 4.69) is 36.5 Å². The maximum absolute atomic E-state index is 13.0. The second-order valence-electron chi connectivity index (χ2n) is 9.14. The average molecular weight is 421 g/mol. The first-order valence-electron chi connectivity index (χ1n) is 11.2. The molecule has 1 N–H and O–H groups in total. The summed E-state index contributed by atoms with van der Waals surface area (Å²) in [5, 5.41) is 2.87. The van der Waals surface area contributed by atoms with E-state index in [0.29, 0.717) is 18.9 Å². The SMILES string of the molecule is CNC(=O)[C@]1(Cc2ccc(-c3ccc(OC)cc3)cc2)CCCN(C(=O)[C@H]2C[C@H]2C)C1. The minimum atomic E-state index is -0.567. The number of amides is 2. The van der Waals surface area contributed by atoms with Crippen molar-refractivity contribution in [2.45, 2.75) is 32.6 Å². The van der Waals surface area contributed by atoms with Crippen molar-refractivity contribution < 1.29 is 14.3 Å². The van der Waals surface area contributed by atoms with E-state index in [1.165, 1.54) is 0 Å². The Morgan fingerprint density at radius 3 is 2.26 bits per heavy atom. The molecule has 2 amide bonds. The molecule has 1 saturated heterocycles. The Morgan fingerprint density at radius 2 is 1.71 bits per heavy atom. The first-order chi connectivity index (χ1) is 15.0. The number of hydrogen-bond acceptors (Lipinski definition) is 3. The molecule has 2 aromatic carbocycles. The number of rotatable bonds is 6. The topological polar surface area (TPSA) is 58.6 Å². The molecular formula is C26H32N2O3. The van der Waals surface area contributed by atoms with Crippen molar-refractivity contribution in [2.24, 2.45) is 17.3 Å². The van der Waals surface area contributed by atoms with E-state index in [4.69, 9.17) is 4.74 Å². The van der Waals surface area contributed by atoms with Gasteiger partial charge in [-0.1, -0.05) is 43.3 Å². The molecule has 2 fully saturated rings. The Kier molecular flexibility index (Phi) is 6.03. The van der Waals surface area contributed by atoms with Crippen LogP contribution in [-0.2, 0) is 16.0 Å². The van der Waals surface area contributed by atoms with Gasteiger partial charge in [0.1, 0.15) is 5.75 Å². The van der Waals surface area contributed by atoms with Crippen LogP contribution < -0.4 is 10.1 Å². The Bertz CT molecular complexity index is 938. The molecule has 0 aromatic heterocycles. The third-order valence-electron chi connectivity index (χ3n) is 6.94. The zero-order valence-corrected chi connectivity index (χ0v) is 18.7. The van der Waals surface area contributed by atoms with Crippen molar-refractivity contribution in [1.29, 1.82) is 0 Å². The fourth-order valence-electron chi connectivity index (χ4n) is 4.88. The second-order valence-corrected chi connectivity index (χ2v) is 9.14. The third-order valence-corrected chi connectivity index (χ3v) is 6.94. The number of ether oxygens (including phenoxy) is 1. The number of benzene rings is 2. The highest BCUT2D eigenvalue weighted by molar-refractivity contribution is 5.86. The maximum atomic E-state index is 13.0. The van der Waals surface area contributed by atoms with Crippen molar-refractivity contribution in [1.82, 2.24) is 10.2 Å². The van der Waals surface area contributed by atoms with Crippen molar-refractivity contribution >= 4 is 11.8 Å². The summed E-state index contributed by atoms with van der Waals surface area (Å²) in [5.74, 6) is 1.74. The van der Waals surface area contributed by atoms with Crippen LogP contribution in [0.1, 0.15) is 31.7 Å². The standard InChI is InChI=1S/C26H32N2O3/c1-18-15-23(18)24(29)28-14-4-13-26(17-28,25(30)27-2)16-19-5-7-20(8-6-19)21-9-11-22(31-3)12-10-21/h5-12,18,23H,4,13-17H2,1-3H3,(H,27,30)/t18-,23+,26+/m1/s1. The van der Waals surface area contributed by atoms with Gasteiger partial charge < -0.3 is 15.0 Å². The summed E-state index contributed by atoms with van der Waals surface area (Å²) in [6, 6.07) is 16.4. The van der Waals surface area contributed by atoms with Crippen molar-refractivity contribution in [3.05, 3.63) is 54.1 Å². The van der Waals surface area contributed by atoms with Crippen LogP contribution in [0.3, 0.4) is 0 Å². The molecule has 0 spiro atoms. The van der Waals surface area contributed by atoms with E-state index >= 15 is 0 Å². The van der Waals surface area contributed by atoms with Crippen LogP contribution in [-0.4, -0.2) is 44.0 Å². The normalized spacial score (nSPS) is 25.1. The lowest BCUT2D eigenvalue weighted by Gasteiger charge is -2.42. The van der Waals surface area contributed by atoms with E-state index in [1.54, 1.807) is 14.2 Å². The van der Waals surface area contributed by atoms with Crippen LogP contribution >= 0.6 is 0 Å². The predicted molar refractivity (Wildman–Crippen MR) is 122 cm³/mol. The molecular weight excluding hydrogens is 388 g/mol. The summed E-state index contributed by atoms with van der Waals surface area (Å²) < 4.78 is 5.24. The first-order valence-corrected chi connectivity index (χ1v) is 11.2. The van der Waals surface area contributed by atoms with Gasteiger partial charge in [0.05, 0.1) is 12.5 Å². The van der Waals surface area contributed by atoms with Crippen LogP contribution in [0, 0.1) is 17.3 Å². The Morgan fingerprint density at radius 1 is 1.10 bits per heavy atom. The first kappa shape index (κ1) is 21.4. The minimum Gasteiger partial charge on any atom is -0.497 e. The molecule has 1 heterocycles. The highest BCUT2D eigenvalue weighted by Gasteiger charge is 2.47. The molecule has 4 rings (SSSR count). The molecule has 2 aliphatic rings. The fraction of sp³-hybridized carbons (Fsp3) is 0.462. The lowest BCUT2D eigenvalue weighted by Crippen LogP contribution is -2.54. The maximum Gasteiger partial charge on any atom is 0.228 e. The van der Waals surface area contributed by atoms with Crippen LogP contribution in [0.2, 0.25) is 0 Å². The Labute approximate surface area is 184 Å². The molecule has 1 aliphatic carbocycles. The zero-order valence-electron chi connectivity index (χ0n) is 18.7. The van der Waals surface area contributed by atoms with Crippen molar-refractivity contribution in [3.63, 3.8) is 0 Å². The summed E-state index contributed by atoms with van der Waals surface area (Å²) in [5.41, 5.74) is 2.81. The highest BCUT2D eigenvalue weighted by Crippen LogP contribution is 2.42. The second kappa shape index (κ2) is 8.74. The summed E-state index contributed by atoms with van der Waals surface area (Å²) in [7, 11) is 3.36. The third kappa shape index (κ3) is 4.46. The van der Waals surface area contributed by atoms with E-state index in [0.717, 1.165) is 48.2 Å². The molecule has 164 valence electrons. The van der Waals surface area contributed by atoms with Gasteiger partial charge in [-0.3, -0.25) is 9.59 Å². The lowest BCUT2D eigenvalue weighted by molar-refractivity contribution is -0.142. The molecule has 5 nitrogen and oxygen atoms in total. The Balaban J connectivity index is 1.52. The zero-order chi connectivity index (χ0) is 22.0. The number of nitrogens with one attached hydrogen (secondary N) is 1. The van der Waals surface area contributed by atoms with Gasteiger partial charge in [0.15, 0.2) is 0 Å². The number of piperidine rings is 1. The number of carbonyl (C=O) groups excluding carboxylic acids is 2. The summed E-state index contributed by atoms with van der Waals surface area (Å²) in [6.45, 7) is 3.40. The summed E-state index contributed by atoms with van der Waals surface area (Å²) in [4.78, 5) is 27.8. The molecule has 1 aliphatic heterocycles. The lowest BCUT2D eigenvalue weighted by atomic mass is 9.74. The average Bonchev–Trinajstić information content (AvgIpc) is 3.55. The molecule has 5 heteroatoms. The molecule has 2 aromatic rings. The van der Waals surface area contributed by atoms with E-state index in [1.807, 2.05) is 29.2 Å². The molecule has 1 saturated carbocycles. The van der Waals surface area contributed by atoms with Gasteiger partial charge in [-0.2, -0.15) is 0 Å². The number of carbonyl (C=O) groups is 2. The van der Waals surface area contributed by atoms with Crippen molar-refractivity contribution in [2.75, 3.05) is 27.2 Å². The number of methoxy groups -OCH3 is 1. The molecule has 31 heavy (non-hydrogen) atoms. The smallest absolute Gasteiger partial charge is 0.228 e. The summed E-state index contributed by atoms with van der Waals surface area (Å²) in [6.07, 6.45) is 3.29. The van der Waals surface area contributed by atoms with E-state index in [9.17, 15) is 9.59 Å². The van der Waals surface area contributed by atoms with E-state index in [-0.39, 0.29) is 17.7 Å². The molecule has 3 atom stereocenters. The number of nitrogens with zero attached hydrogens (tertiary/aromatic N) is 1. The van der Waals surface area contributed by atoms with Crippen LogP contribution in [0.5, 0.6) is 5.75 Å². The predicted octanol–water partition coefficient (Wildman–Crippen LogP) is 3.92. The van der Waals surface area contributed by atoms with Crippen LogP contribution in [0.15, 0.2) is 48.5 Å². The number of hydrogen-bond donors (Lipinski definition) is 1. The fourth-order valence-corrected chi connectivity index (χ4v) is 4.88. The molecule has 0 unspecified atom stereocenters. The van der Waals surface area contributed by atoms with Gasteiger partial charge in [0, 0.05) is 26.1 Å². The van der Waals surface area contributed by atoms with Gasteiger partial charge in [-0.15, -0.1) is 0 Å². The largest absolute Gasteiger partial charge is 0.497 e.